The molecule has 0 unspecified atom stereocenters. The average Bonchev–Trinajstić information content (AvgIpc) is 2.69. The molecule has 0 radical (unpaired) electrons. The van der Waals surface area contributed by atoms with E-state index in [9.17, 15) is 0 Å². The summed E-state index contributed by atoms with van der Waals surface area (Å²) in [5.74, 6) is 0. The van der Waals surface area contributed by atoms with Crippen molar-refractivity contribution in [2.75, 3.05) is 0 Å². The monoisotopic (exact) mass is 207 g/mol. The molecule has 3 aromatic rings. The molecule has 0 aliphatic rings. The van der Waals surface area contributed by atoms with E-state index in [-0.39, 0.29) is 0 Å². The second-order valence-corrected chi connectivity index (χ2v) is 3.94. The predicted octanol–water partition coefficient (Wildman–Crippen LogP) is 4.35. The maximum atomic E-state index is 3.48. The summed E-state index contributed by atoms with van der Waals surface area (Å²) in [6.45, 7) is 2.04. The molecule has 0 saturated carbocycles. The first kappa shape index (κ1) is 9.22. The Morgan fingerprint density at radius 2 is 1.75 bits per heavy atom. The number of hydrogen-bond donors (Lipinski definition) is 1. The second kappa shape index (κ2) is 3.53. The predicted molar refractivity (Wildman–Crippen MR) is 70.5 cm³/mol. The molecule has 0 spiro atoms. The van der Waals surface area contributed by atoms with Crippen LogP contribution in [0, 0.1) is 0 Å². The molecule has 1 heterocycles. The Morgan fingerprint density at radius 1 is 0.938 bits per heavy atom. The highest BCUT2D eigenvalue weighted by molar-refractivity contribution is 6.09. The minimum atomic E-state index is 1.20. The van der Waals surface area contributed by atoms with Crippen molar-refractivity contribution in [2.24, 2.45) is 0 Å². The minimum absolute atomic E-state index is 1.20. The van der Waals surface area contributed by atoms with Crippen molar-refractivity contribution < 1.29 is 0 Å². The molecule has 2 aromatic carbocycles. The Hall–Kier alpha value is -2.02. The van der Waals surface area contributed by atoms with E-state index < -0.39 is 0 Å². The summed E-state index contributed by atoms with van der Waals surface area (Å²) in [7, 11) is 0. The van der Waals surface area contributed by atoms with Gasteiger partial charge in [-0.2, -0.15) is 0 Å². The van der Waals surface area contributed by atoms with Gasteiger partial charge in [0.1, 0.15) is 0 Å². The Morgan fingerprint density at radius 3 is 2.62 bits per heavy atom. The van der Waals surface area contributed by atoms with Crippen LogP contribution in [0.5, 0.6) is 0 Å². The number of benzene rings is 2. The van der Waals surface area contributed by atoms with E-state index in [1.807, 2.05) is 6.92 Å². The molecular formula is C15H13N. The summed E-state index contributed by atoms with van der Waals surface area (Å²) in [6.07, 6.45) is 4.21. The molecule has 1 nitrogen and oxygen atoms in total. The normalized spacial score (nSPS) is 11.8. The zero-order valence-electron chi connectivity index (χ0n) is 9.20. The number of H-pyrrole nitrogens is 1. The number of aromatic nitrogens is 1. The summed E-state index contributed by atoms with van der Waals surface area (Å²) >= 11 is 0. The highest BCUT2D eigenvalue weighted by atomic mass is 14.7. The number of rotatable bonds is 1. The molecule has 0 bridgehead atoms. The largest absolute Gasteiger partial charge is 0.354 e. The number of para-hydroxylation sites is 2. The molecule has 1 heteroatoms. The topological polar surface area (TPSA) is 15.8 Å². The van der Waals surface area contributed by atoms with Crippen LogP contribution in [0.4, 0.5) is 0 Å². The molecule has 16 heavy (non-hydrogen) atoms. The first-order chi connectivity index (χ1) is 7.90. The van der Waals surface area contributed by atoms with Crippen molar-refractivity contribution in [1.29, 1.82) is 0 Å². The maximum Gasteiger partial charge on any atom is 0.0538 e. The molecule has 0 amide bonds. The maximum absolute atomic E-state index is 3.48. The SMILES string of the molecule is C/C=C/c1cccc2c1[nH]c1ccccc12. The van der Waals surface area contributed by atoms with Gasteiger partial charge in [-0.3, -0.25) is 0 Å². The summed E-state index contributed by atoms with van der Waals surface area (Å²) in [4.78, 5) is 3.48. The summed E-state index contributed by atoms with van der Waals surface area (Å²) in [6, 6.07) is 14.8. The zero-order valence-corrected chi connectivity index (χ0v) is 9.20. The van der Waals surface area contributed by atoms with Gasteiger partial charge in [0.2, 0.25) is 0 Å². The number of aromatic amines is 1. The smallest absolute Gasteiger partial charge is 0.0538 e. The molecule has 0 fully saturated rings. The fourth-order valence-electron chi connectivity index (χ4n) is 2.21. The first-order valence-corrected chi connectivity index (χ1v) is 5.52. The van der Waals surface area contributed by atoms with Crippen LogP contribution in [0.25, 0.3) is 27.9 Å². The van der Waals surface area contributed by atoms with Crippen molar-refractivity contribution in [3.63, 3.8) is 0 Å². The number of hydrogen-bond acceptors (Lipinski definition) is 0. The van der Waals surface area contributed by atoms with Crippen molar-refractivity contribution in [2.45, 2.75) is 6.92 Å². The standard InChI is InChI=1S/C15H13N/c1-2-6-11-7-5-9-13-12-8-3-4-10-14(12)16-15(11)13/h2-10,16H,1H3/b6-2+. The van der Waals surface area contributed by atoms with Crippen LogP contribution in [0.2, 0.25) is 0 Å². The van der Waals surface area contributed by atoms with E-state index in [2.05, 4.69) is 59.6 Å². The summed E-state index contributed by atoms with van der Waals surface area (Å²) in [5, 5.41) is 2.59. The molecule has 0 aliphatic carbocycles. The van der Waals surface area contributed by atoms with E-state index in [0.29, 0.717) is 0 Å². The lowest BCUT2D eigenvalue weighted by Gasteiger charge is -1.95. The van der Waals surface area contributed by atoms with Gasteiger partial charge in [0, 0.05) is 16.3 Å². The number of nitrogens with one attached hydrogen (secondary N) is 1. The number of allylic oxidation sites excluding steroid dienone is 1. The van der Waals surface area contributed by atoms with Gasteiger partial charge in [-0.1, -0.05) is 48.6 Å². The molecule has 1 N–H and O–H groups in total. The van der Waals surface area contributed by atoms with Gasteiger partial charge in [-0.05, 0) is 18.6 Å². The third kappa shape index (κ3) is 1.25. The molecule has 1 aromatic heterocycles. The van der Waals surface area contributed by atoms with Crippen LogP contribution in [0.3, 0.4) is 0 Å². The van der Waals surface area contributed by atoms with Crippen LogP contribution in [0.15, 0.2) is 48.5 Å². The number of fused-ring (bicyclic) bond motifs is 3. The minimum Gasteiger partial charge on any atom is -0.354 e. The molecule has 0 atom stereocenters. The van der Waals surface area contributed by atoms with E-state index in [0.717, 1.165) is 0 Å². The van der Waals surface area contributed by atoms with Crippen molar-refractivity contribution >= 4 is 27.9 Å². The Kier molecular flexibility index (Phi) is 2.03. The third-order valence-electron chi connectivity index (χ3n) is 2.92. The molecule has 3 rings (SSSR count). The van der Waals surface area contributed by atoms with E-state index >= 15 is 0 Å². The Bertz CT molecular complexity index is 674. The van der Waals surface area contributed by atoms with Gasteiger partial charge >= 0.3 is 0 Å². The lowest BCUT2D eigenvalue weighted by molar-refractivity contribution is 1.53. The molecule has 0 saturated heterocycles. The van der Waals surface area contributed by atoms with E-state index in [1.165, 1.54) is 27.4 Å². The molecule has 0 aliphatic heterocycles. The van der Waals surface area contributed by atoms with Crippen LogP contribution >= 0.6 is 0 Å². The van der Waals surface area contributed by atoms with Crippen molar-refractivity contribution in [3.8, 4) is 0 Å². The van der Waals surface area contributed by atoms with Gasteiger partial charge in [0.15, 0.2) is 0 Å². The van der Waals surface area contributed by atoms with E-state index in [4.69, 9.17) is 0 Å². The summed E-state index contributed by atoms with van der Waals surface area (Å²) < 4.78 is 0. The van der Waals surface area contributed by atoms with Gasteiger partial charge < -0.3 is 4.98 Å². The van der Waals surface area contributed by atoms with Crippen LogP contribution in [0.1, 0.15) is 12.5 Å². The van der Waals surface area contributed by atoms with Crippen molar-refractivity contribution in [1.82, 2.24) is 4.98 Å². The van der Waals surface area contributed by atoms with Crippen LogP contribution in [-0.2, 0) is 0 Å². The second-order valence-electron chi connectivity index (χ2n) is 3.94. The third-order valence-corrected chi connectivity index (χ3v) is 2.92. The zero-order chi connectivity index (χ0) is 11.0. The fraction of sp³-hybridized carbons (Fsp3) is 0.0667. The van der Waals surface area contributed by atoms with Crippen LogP contribution in [-0.4, -0.2) is 4.98 Å². The van der Waals surface area contributed by atoms with Gasteiger partial charge in [-0.15, -0.1) is 0 Å². The van der Waals surface area contributed by atoms with Crippen LogP contribution < -0.4 is 0 Å². The quantitative estimate of drug-likeness (QED) is 0.610. The van der Waals surface area contributed by atoms with E-state index in [1.54, 1.807) is 0 Å². The lowest BCUT2D eigenvalue weighted by atomic mass is 10.1. The van der Waals surface area contributed by atoms with Gasteiger partial charge in [0.05, 0.1) is 5.52 Å². The molecule has 78 valence electrons. The summed E-state index contributed by atoms with van der Waals surface area (Å²) in [5.41, 5.74) is 3.67. The highest BCUT2D eigenvalue weighted by Crippen LogP contribution is 2.27. The highest BCUT2D eigenvalue weighted by Gasteiger charge is 2.04. The fourth-order valence-corrected chi connectivity index (χ4v) is 2.21. The Balaban J connectivity index is 2.48. The lowest BCUT2D eigenvalue weighted by Crippen LogP contribution is -1.74. The van der Waals surface area contributed by atoms with Crippen molar-refractivity contribution in [3.05, 3.63) is 54.1 Å². The van der Waals surface area contributed by atoms with Gasteiger partial charge in [-0.25, -0.2) is 0 Å². The Labute approximate surface area is 94.4 Å². The van der Waals surface area contributed by atoms with Gasteiger partial charge in [0.25, 0.3) is 0 Å². The molecular weight excluding hydrogens is 194 g/mol. The average molecular weight is 207 g/mol. The first-order valence-electron chi connectivity index (χ1n) is 5.52.